The van der Waals surface area contributed by atoms with Crippen molar-refractivity contribution in [3.63, 3.8) is 0 Å². The number of nitrogens with zero attached hydrogens (tertiary/aromatic N) is 2. The van der Waals surface area contributed by atoms with Gasteiger partial charge in [0.2, 0.25) is 0 Å². The molecule has 0 radical (unpaired) electrons. The van der Waals surface area contributed by atoms with E-state index in [2.05, 4.69) is 42.9 Å². The molecule has 0 aromatic heterocycles. The molecule has 0 heterocycles. The average Bonchev–Trinajstić information content (AvgIpc) is 2.04. The van der Waals surface area contributed by atoms with Gasteiger partial charge in [0.25, 0.3) is 0 Å². The van der Waals surface area contributed by atoms with E-state index in [1.165, 1.54) is 0 Å². The Morgan fingerprint density at radius 1 is 1.50 bits per heavy atom. The molecule has 0 N–H and O–H groups in total. The SMILES string of the molecule is CC/N=C(Br)\C(=C(/C)Br)[C@H](C)CC#N. The second-order valence-electron chi connectivity index (χ2n) is 2.98. The second-order valence-corrected chi connectivity index (χ2v) is 4.92. The van der Waals surface area contributed by atoms with E-state index < -0.39 is 0 Å². The molecule has 0 unspecified atom stereocenters. The van der Waals surface area contributed by atoms with Crippen LogP contribution in [-0.2, 0) is 0 Å². The van der Waals surface area contributed by atoms with Crippen molar-refractivity contribution in [2.24, 2.45) is 10.9 Å². The molecule has 0 bridgehead atoms. The molecule has 0 aromatic carbocycles. The predicted molar refractivity (Wildman–Crippen MR) is 67.9 cm³/mol. The lowest BCUT2D eigenvalue weighted by Gasteiger charge is -2.13. The highest BCUT2D eigenvalue weighted by molar-refractivity contribution is 9.18. The zero-order valence-electron chi connectivity index (χ0n) is 8.64. The molecule has 0 amide bonds. The number of aliphatic imine (C=N–C) groups is 1. The Labute approximate surface area is 102 Å². The van der Waals surface area contributed by atoms with E-state index in [1.54, 1.807) is 0 Å². The van der Waals surface area contributed by atoms with Gasteiger partial charge in [-0.25, -0.2) is 0 Å². The molecule has 0 aliphatic carbocycles. The van der Waals surface area contributed by atoms with Crippen molar-refractivity contribution >= 4 is 36.5 Å². The third-order valence-electron chi connectivity index (χ3n) is 1.78. The minimum atomic E-state index is 0.198. The monoisotopic (exact) mass is 320 g/mol. The Balaban J connectivity index is 4.91. The maximum absolute atomic E-state index is 8.64. The number of halogens is 2. The summed E-state index contributed by atoms with van der Waals surface area (Å²) in [7, 11) is 0. The summed E-state index contributed by atoms with van der Waals surface area (Å²) in [5.74, 6) is 0.198. The fourth-order valence-electron chi connectivity index (χ4n) is 1.15. The lowest BCUT2D eigenvalue weighted by molar-refractivity contribution is 0.728. The zero-order valence-corrected chi connectivity index (χ0v) is 11.8. The Kier molecular flexibility index (Phi) is 7.12. The topological polar surface area (TPSA) is 36.1 Å². The summed E-state index contributed by atoms with van der Waals surface area (Å²) in [5.41, 5.74) is 1.08. The fraction of sp³-hybridized carbons (Fsp3) is 0.600. The van der Waals surface area contributed by atoms with E-state index in [0.29, 0.717) is 6.42 Å². The Bertz CT molecular complexity index is 283. The first-order valence-corrected chi connectivity index (χ1v) is 6.06. The number of nitriles is 1. The summed E-state index contributed by atoms with van der Waals surface area (Å²) in [4.78, 5) is 4.29. The molecule has 0 aromatic rings. The lowest BCUT2D eigenvalue weighted by Crippen LogP contribution is -2.07. The van der Waals surface area contributed by atoms with E-state index in [0.717, 1.165) is 21.2 Å². The molecule has 0 saturated carbocycles. The number of hydrogen-bond acceptors (Lipinski definition) is 2. The molecular formula is C10H14Br2N2. The highest BCUT2D eigenvalue weighted by Gasteiger charge is 2.14. The van der Waals surface area contributed by atoms with Crippen molar-refractivity contribution in [2.45, 2.75) is 27.2 Å². The molecule has 0 aliphatic heterocycles. The van der Waals surface area contributed by atoms with Crippen molar-refractivity contribution in [3.05, 3.63) is 10.1 Å². The molecule has 2 nitrogen and oxygen atoms in total. The van der Waals surface area contributed by atoms with Crippen LogP contribution in [0.3, 0.4) is 0 Å². The van der Waals surface area contributed by atoms with Gasteiger partial charge in [0.05, 0.1) is 6.07 Å². The Hall–Kier alpha value is -0.140. The van der Waals surface area contributed by atoms with Crippen LogP contribution in [0.4, 0.5) is 0 Å². The van der Waals surface area contributed by atoms with Gasteiger partial charge in [-0.2, -0.15) is 5.26 Å². The number of rotatable bonds is 4. The van der Waals surface area contributed by atoms with Crippen LogP contribution in [0.5, 0.6) is 0 Å². The van der Waals surface area contributed by atoms with Crippen LogP contribution in [-0.4, -0.2) is 11.2 Å². The zero-order chi connectivity index (χ0) is 11.1. The third-order valence-corrected chi connectivity index (χ3v) is 2.89. The molecule has 1 atom stereocenters. The minimum Gasteiger partial charge on any atom is -0.278 e. The maximum Gasteiger partial charge on any atom is 0.104 e. The number of allylic oxidation sites excluding steroid dienone is 2. The van der Waals surface area contributed by atoms with E-state index in [4.69, 9.17) is 5.26 Å². The smallest absolute Gasteiger partial charge is 0.104 e. The molecule has 0 rings (SSSR count). The van der Waals surface area contributed by atoms with Crippen LogP contribution >= 0.6 is 31.9 Å². The van der Waals surface area contributed by atoms with Crippen LogP contribution in [0.15, 0.2) is 15.0 Å². The molecule has 0 fully saturated rings. The lowest BCUT2D eigenvalue weighted by atomic mass is 9.99. The van der Waals surface area contributed by atoms with Crippen LogP contribution in [0.2, 0.25) is 0 Å². The van der Waals surface area contributed by atoms with Crippen molar-refractivity contribution in [1.82, 2.24) is 0 Å². The van der Waals surface area contributed by atoms with Crippen molar-refractivity contribution in [2.75, 3.05) is 6.54 Å². The van der Waals surface area contributed by atoms with E-state index >= 15 is 0 Å². The highest BCUT2D eigenvalue weighted by Crippen LogP contribution is 2.25. The predicted octanol–water partition coefficient (Wildman–Crippen LogP) is 4.02. The highest BCUT2D eigenvalue weighted by atomic mass is 79.9. The van der Waals surface area contributed by atoms with Crippen molar-refractivity contribution in [3.8, 4) is 6.07 Å². The summed E-state index contributed by atoms with van der Waals surface area (Å²) in [6.07, 6.45) is 0.507. The van der Waals surface area contributed by atoms with Gasteiger partial charge in [-0.05, 0) is 45.8 Å². The Morgan fingerprint density at radius 3 is 2.43 bits per heavy atom. The van der Waals surface area contributed by atoms with E-state index in [9.17, 15) is 0 Å². The summed E-state index contributed by atoms with van der Waals surface area (Å²) in [6.45, 7) is 6.71. The normalized spacial score (nSPS) is 15.9. The Morgan fingerprint density at radius 2 is 2.07 bits per heavy atom. The summed E-state index contributed by atoms with van der Waals surface area (Å²) in [6, 6.07) is 2.17. The first kappa shape index (κ1) is 13.9. The first-order chi connectivity index (χ1) is 6.54. The van der Waals surface area contributed by atoms with Gasteiger partial charge in [-0.1, -0.05) is 22.9 Å². The van der Waals surface area contributed by atoms with Gasteiger partial charge in [-0.15, -0.1) is 0 Å². The minimum absolute atomic E-state index is 0.198. The molecule has 0 saturated heterocycles. The van der Waals surface area contributed by atoms with Gasteiger partial charge in [-0.3, -0.25) is 4.99 Å². The van der Waals surface area contributed by atoms with Crippen LogP contribution < -0.4 is 0 Å². The standard InChI is InChI=1S/C10H14Br2N2/c1-4-14-10(12)9(8(3)11)7(2)5-6-13/h7H,4-5H2,1-3H3/b9-8+,14-10+/t7-/m1/s1. The van der Waals surface area contributed by atoms with Crippen molar-refractivity contribution < 1.29 is 0 Å². The van der Waals surface area contributed by atoms with Gasteiger partial charge in [0.15, 0.2) is 0 Å². The fourth-order valence-corrected chi connectivity index (χ4v) is 2.93. The molecular weight excluding hydrogens is 308 g/mol. The molecule has 0 spiro atoms. The van der Waals surface area contributed by atoms with Gasteiger partial charge < -0.3 is 0 Å². The van der Waals surface area contributed by atoms with E-state index in [1.807, 2.05) is 20.8 Å². The van der Waals surface area contributed by atoms with Crippen LogP contribution in [0.1, 0.15) is 27.2 Å². The van der Waals surface area contributed by atoms with Gasteiger partial charge in [0.1, 0.15) is 4.62 Å². The average molecular weight is 322 g/mol. The summed E-state index contributed by atoms with van der Waals surface area (Å²) in [5, 5.41) is 8.64. The molecule has 4 heteroatoms. The largest absolute Gasteiger partial charge is 0.278 e. The summed E-state index contributed by atoms with van der Waals surface area (Å²) >= 11 is 6.87. The molecule has 0 aliphatic rings. The van der Waals surface area contributed by atoms with Gasteiger partial charge >= 0.3 is 0 Å². The van der Waals surface area contributed by atoms with Crippen LogP contribution in [0.25, 0.3) is 0 Å². The number of hydrogen-bond donors (Lipinski definition) is 0. The first-order valence-electron chi connectivity index (χ1n) is 4.48. The molecule has 78 valence electrons. The quantitative estimate of drug-likeness (QED) is 0.720. The van der Waals surface area contributed by atoms with Crippen LogP contribution in [0, 0.1) is 17.2 Å². The van der Waals surface area contributed by atoms with E-state index in [-0.39, 0.29) is 5.92 Å². The van der Waals surface area contributed by atoms with Gasteiger partial charge in [0, 0.05) is 13.0 Å². The second kappa shape index (κ2) is 7.19. The van der Waals surface area contributed by atoms with Crippen molar-refractivity contribution in [1.29, 1.82) is 5.26 Å². The maximum atomic E-state index is 8.64. The molecule has 14 heavy (non-hydrogen) atoms. The summed E-state index contributed by atoms with van der Waals surface area (Å²) < 4.78 is 1.88. The third kappa shape index (κ3) is 4.39.